The monoisotopic (exact) mass is 220 g/mol. The van der Waals surface area contributed by atoms with Crippen molar-refractivity contribution in [2.45, 2.75) is 32.9 Å². The molecule has 1 aliphatic heterocycles. The molecule has 86 valence electrons. The molecule has 0 aliphatic carbocycles. The quantitative estimate of drug-likeness (QED) is 0.711. The van der Waals surface area contributed by atoms with Gasteiger partial charge in [0.2, 0.25) is 5.91 Å². The molecule has 1 heterocycles. The Bertz CT molecular complexity index is 429. The zero-order valence-corrected chi connectivity index (χ0v) is 9.69. The largest absolute Gasteiger partial charge is 0.508 e. The van der Waals surface area contributed by atoms with Gasteiger partial charge in [-0.1, -0.05) is 0 Å². The van der Waals surface area contributed by atoms with Gasteiger partial charge in [0, 0.05) is 12.1 Å². The number of phenols is 1. The molecule has 0 radical (unpaired) electrons. The second-order valence-corrected chi connectivity index (χ2v) is 4.37. The van der Waals surface area contributed by atoms with Crippen LogP contribution in [0.2, 0.25) is 0 Å². The van der Waals surface area contributed by atoms with Crippen molar-refractivity contribution in [2.75, 3.05) is 10.2 Å². The number of rotatable bonds is 1. The van der Waals surface area contributed by atoms with Gasteiger partial charge in [0.05, 0.1) is 11.4 Å². The van der Waals surface area contributed by atoms with E-state index >= 15 is 0 Å². The minimum atomic E-state index is -0.214. The van der Waals surface area contributed by atoms with Crippen LogP contribution in [0.5, 0.6) is 5.75 Å². The summed E-state index contributed by atoms with van der Waals surface area (Å²) in [7, 11) is 0. The lowest BCUT2D eigenvalue weighted by atomic mass is 10.1. The molecule has 2 N–H and O–H groups in total. The molecule has 1 atom stereocenters. The van der Waals surface area contributed by atoms with Crippen molar-refractivity contribution in [3.8, 4) is 5.75 Å². The van der Waals surface area contributed by atoms with Crippen molar-refractivity contribution in [3.05, 3.63) is 18.2 Å². The number of phenolic OH excluding ortho intramolecular Hbond substituents is 1. The summed E-state index contributed by atoms with van der Waals surface area (Å²) in [5.41, 5.74) is 1.64. The highest BCUT2D eigenvalue weighted by Crippen LogP contribution is 2.35. The Morgan fingerprint density at radius 2 is 2.12 bits per heavy atom. The highest BCUT2D eigenvalue weighted by atomic mass is 16.3. The number of benzene rings is 1. The molecule has 2 rings (SSSR count). The van der Waals surface area contributed by atoms with Crippen LogP contribution in [0, 0.1) is 0 Å². The fraction of sp³-hybridized carbons (Fsp3) is 0.417. The Labute approximate surface area is 94.9 Å². The first-order valence-corrected chi connectivity index (χ1v) is 5.43. The second-order valence-electron chi connectivity index (χ2n) is 4.37. The van der Waals surface area contributed by atoms with Gasteiger partial charge in [-0.05, 0) is 32.9 Å². The molecule has 16 heavy (non-hydrogen) atoms. The summed E-state index contributed by atoms with van der Waals surface area (Å²) in [5.74, 6) is 0.208. The Kier molecular flexibility index (Phi) is 2.50. The van der Waals surface area contributed by atoms with Gasteiger partial charge < -0.3 is 15.3 Å². The first-order chi connectivity index (χ1) is 7.50. The molecule has 0 saturated heterocycles. The molecule has 0 spiro atoms. The molecule has 1 aromatic rings. The SMILES string of the molecule is CC(C)N1c2cc(O)ccc2NC(=O)C1C. The van der Waals surface area contributed by atoms with Crippen molar-refractivity contribution >= 4 is 17.3 Å². The van der Waals surface area contributed by atoms with E-state index in [0.29, 0.717) is 0 Å². The van der Waals surface area contributed by atoms with Gasteiger partial charge in [0.25, 0.3) is 0 Å². The van der Waals surface area contributed by atoms with E-state index in [9.17, 15) is 9.90 Å². The van der Waals surface area contributed by atoms with Gasteiger partial charge >= 0.3 is 0 Å². The van der Waals surface area contributed by atoms with Crippen LogP contribution in [0.25, 0.3) is 0 Å². The van der Waals surface area contributed by atoms with Crippen LogP contribution < -0.4 is 10.2 Å². The van der Waals surface area contributed by atoms with Crippen LogP contribution in [0.3, 0.4) is 0 Å². The van der Waals surface area contributed by atoms with Gasteiger partial charge in [-0.3, -0.25) is 4.79 Å². The van der Waals surface area contributed by atoms with Crippen molar-refractivity contribution in [2.24, 2.45) is 0 Å². The Morgan fingerprint density at radius 1 is 1.44 bits per heavy atom. The molecule has 4 heteroatoms. The molecule has 0 aromatic heterocycles. The van der Waals surface area contributed by atoms with E-state index in [1.165, 1.54) is 0 Å². The molecule has 1 aliphatic rings. The van der Waals surface area contributed by atoms with Crippen molar-refractivity contribution < 1.29 is 9.90 Å². The van der Waals surface area contributed by atoms with Crippen LogP contribution in [0.15, 0.2) is 18.2 Å². The zero-order chi connectivity index (χ0) is 11.9. The van der Waals surface area contributed by atoms with E-state index in [4.69, 9.17) is 0 Å². The van der Waals surface area contributed by atoms with E-state index in [-0.39, 0.29) is 23.7 Å². The molecule has 1 aromatic carbocycles. The molecule has 1 unspecified atom stereocenters. The highest BCUT2D eigenvalue weighted by molar-refractivity contribution is 6.03. The summed E-state index contributed by atoms with van der Waals surface area (Å²) < 4.78 is 0. The fourth-order valence-electron chi connectivity index (χ4n) is 2.14. The van der Waals surface area contributed by atoms with Crippen LogP contribution in [0.1, 0.15) is 20.8 Å². The third-order valence-corrected chi connectivity index (χ3v) is 2.87. The van der Waals surface area contributed by atoms with Crippen molar-refractivity contribution in [3.63, 3.8) is 0 Å². The summed E-state index contributed by atoms with van der Waals surface area (Å²) in [4.78, 5) is 13.7. The fourth-order valence-corrected chi connectivity index (χ4v) is 2.14. The van der Waals surface area contributed by atoms with Gasteiger partial charge in [0.1, 0.15) is 11.8 Å². The summed E-state index contributed by atoms with van der Waals surface area (Å²) >= 11 is 0. The Morgan fingerprint density at radius 3 is 2.75 bits per heavy atom. The lowest BCUT2D eigenvalue weighted by molar-refractivity contribution is -0.117. The molecular formula is C12H16N2O2. The summed E-state index contributed by atoms with van der Waals surface area (Å²) in [5, 5.41) is 12.3. The van der Waals surface area contributed by atoms with E-state index in [0.717, 1.165) is 11.4 Å². The number of fused-ring (bicyclic) bond motifs is 1. The summed E-state index contributed by atoms with van der Waals surface area (Å²) in [6.07, 6.45) is 0. The second kappa shape index (κ2) is 3.70. The number of anilines is 2. The van der Waals surface area contributed by atoms with E-state index in [2.05, 4.69) is 5.32 Å². The van der Waals surface area contributed by atoms with Crippen molar-refractivity contribution in [1.29, 1.82) is 0 Å². The van der Waals surface area contributed by atoms with Gasteiger partial charge in [0.15, 0.2) is 0 Å². The van der Waals surface area contributed by atoms with Crippen LogP contribution in [-0.4, -0.2) is 23.1 Å². The molecular weight excluding hydrogens is 204 g/mol. The van der Waals surface area contributed by atoms with Gasteiger partial charge in [-0.2, -0.15) is 0 Å². The third kappa shape index (κ3) is 1.60. The maximum Gasteiger partial charge on any atom is 0.246 e. The third-order valence-electron chi connectivity index (χ3n) is 2.87. The predicted octanol–water partition coefficient (Wildman–Crippen LogP) is 1.95. The van der Waals surface area contributed by atoms with Crippen LogP contribution in [-0.2, 0) is 4.79 Å². The van der Waals surface area contributed by atoms with E-state index < -0.39 is 0 Å². The number of aromatic hydroxyl groups is 1. The number of nitrogens with one attached hydrogen (secondary N) is 1. The standard InChI is InChI=1S/C12H16N2O2/c1-7(2)14-8(3)12(16)13-10-5-4-9(15)6-11(10)14/h4-8,15H,1-3H3,(H,13,16). The normalized spacial score (nSPS) is 19.6. The lowest BCUT2D eigenvalue weighted by Gasteiger charge is -2.39. The Hall–Kier alpha value is -1.71. The summed E-state index contributed by atoms with van der Waals surface area (Å²) in [6.45, 7) is 5.92. The molecule has 0 fully saturated rings. The van der Waals surface area contributed by atoms with Crippen LogP contribution >= 0.6 is 0 Å². The number of carbonyl (C=O) groups is 1. The number of hydrogen-bond acceptors (Lipinski definition) is 3. The maximum atomic E-state index is 11.7. The zero-order valence-electron chi connectivity index (χ0n) is 9.69. The van der Waals surface area contributed by atoms with Crippen molar-refractivity contribution in [1.82, 2.24) is 0 Å². The smallest absolute Gasteiger partial charge is 0.246 e. The van der Waals surface area contributed by atoms with Gasteiger partial charge in [-0.15, -0.1) is 0 Å². The summed E-state index contributed by atoms with van der Waals surface area (Å²) in [6, 6.07) is 4.98. The molecule has 0 bridgehead atoms. The predicted molar refractivity (Wildman–Crippen MR) is 63.8 cm³/mol. The van der Waals surface area contributed by atoms with E-state index in [1.807, 2.05) is 25.7 Å². The lowest BCUT2D eigenvalue weighted by Crippen LogP contribution is -2.49. The first kappa shape index (κ1) is 10.8. The minimum Gasteiger partial charge on any atom is -0.508 e. The minimum absolute atomic E-state index is 0.00751. The maximum absolute atomic E-state index is 11.7. The van der Waals surface area contributed by atoms with E-state index in [1.54, 1.807) is 18.2 Å². The number of hydrogen-bond donors (Lipinski definition) is 2. The average Bonchev–Trinajstić information content (AvgIpc) is 2.20. The van der Waals surface area contributed by atoms with Crippen LogP contribution in [0.4, 0.5) is 11.4 Å². The van der Waals surface area contributed by atoms with Gasteiger partial charge in [-0.25, -0.2) is 0 Å². The number of carbonyl (C=O) groups excluding carboxylic acids is 1. The molecule has 4 nitrogen and oxygen atoms in total. The average molecular weight is 220 g/mol. The molecule has 1 amide bonds. The number of amides is 1. The first-order valence-electron chi connectivity index (χ1n) is 5.43. The topological polar surface area (TPSA) is 52.6 Å². The molecule has 0 saturated carbocycles. The Balaban J connectivity index is 2.53. The highest BCUT2D eigenvalue weighted by Gasteiger charge is 2.31. The number of nitrogens with zero attached hydrogens (tertiary/aromatic N) is 1.